The molecule has 1 N–H and O–H groups in total. The first-order valence-corrected chi connectivity index (χ1v) is 6.34. The Morgan fingerprint density at radius 2 is 2.16 bits per heavy atom. The van der Waals surface area contributed by atoms with E-state index in [2.05, 4.69) is 5.32 Å². The van der Waals surface area contributed by atoms with Crippen LogP contribution in [0, 0.1) is 0 Å². The Morgan fingerprint density at radius 1 is 1.32 bits per heavy atom. The van der Waals surface area contributed by atoms with E-state index < -0.39 is 0 Å². The van der Waals surface area contributed by atoms with Crippen LogP contribution in [0.5, 0.6) is 0 Å². The van der Waals surface area contributed by atoms with E-state index in [-0.39, 0.29) is 5.91 Å². The minimum atomic E-state index is -0.220. The van der Waals surface area contributed by atoms with Crippen molar-refractivity contribution < 1.29 is 9.21 Å². The smallest absolute Gasteiger partial charge is 0.244 e. The fourth-order valence-corrected chi connectivity index (χ4v) is 1.92. The van der Waals surface area contributed by atoms with E-state index >= 15 is 0 Å². The Hall–Kier alpha value is -1.71. The summed E-state index contributed by atoms with van der Waals surface area (Å²) < 4.78 is 5.10. The predicted octanol–water partition coefficient (Wildman–Crippen LogP) is 3.92. The standard InChI is InChI=1S/C14H11Cl2NO2/c15-11-5-3-10(13(16)8-11)4-6-14(18)17-9-12-2-1-7-19-12/h1-8H,9H2,(H,17,18)/b6-4+. The van der Waals surface area contributed by atoms with E-state index in [4.69, 9.17) is 27.6 Å². The van der Waals surface area contributed by atoms with Crippen molar-refractivity contribution in [2.24, 2.45) is 0 Å². The molecule has 19 heavy (non-hydrogen) atoms. The molecule has 0 fully saturated rings. The van der Waals surface area contributed by atoms with Gasteiger partial charge in [0.2, 0.25) is 5.91 Å². The first-order valence-electron chi connectivity index (χ1n) is 5.58. The van der Waals surface area contributed by atoms with Gasteiger partial charge in [-0.2, -0.15) is 0 Å². The Morgan fingerprint density at radius 3 is 2.84 bits per heavy atom. The quantitative estimate of drug-likeness (QED) is 0.869. The van der Waals surface area contributed by atoms with Gasteiger partial charge in [-0.1, -0.05) is 29.3 Å². The number of carbonyl (C=O) groups excluding carboxylic acids is 1. The zero-order chi connectivity index (χ0) is 13.7. The van der Waals surface area contributed by atoms with Crippen molar-refractivity contribution in [1.29, 1.82) is 0 Å². The third-order valence-corrected chi connectivity index (χ3v) is 2.96. The lowest BCUT2D eigenvalue weighted by molar-refractivity contribution is -0.116. The molecule has 98 valence electrons. The molecule has 0 radical (unpaired) electrons. The second kappa shape index (κ2) is 6.45. The molecule has 0 saturated carbocycles. The highest BCUT2D eigenvalue weighted by molar-refractivity contribution is 6.35. The number of halogens is 2. The van der Waals surface area contributed by atoms with E-state index in [1.54, 1.807) is 42.7 Å². The van der Waals surface area contributed by atoms with Crippen LogP contribution in [0.4, 0.5) is 0 Å². The topological polar surface area (TPSA) is 42.2 Å². The molecule has 2 aromatic rings. The molecule has 0 unspecified atom stereocenters. The third kappa shape index (κ3) is 4.16. The summed E-state index contributed by atoms with van der Waals surface area (Å²) in [7, 11) is 0. The van der Waals surface area contributed by atoms with Gasteiger partial charge in [-0.05, 0) is 35.9 Å². The van der Waals surface area contributed by atoms with Crippen molar-refractivity contribution in [2.75, 3.05) is 0 Å². The Balaban J connectivity index is 1.92. The average molecular weight is 296 g/mol. The molecule has 0 aliphatic rings. The van der Waals surface area contributed by atoms with Gasteiger partial charge in [0, 0.05) is 16.1 Å². The van der Waals surface area contributed by atoms with Gasteiger partial charge >= 0.3 is 0 Å². The summed E-state index contributed by atoms with van der Waals surface area (Å²) >= 11 is 11.8. The third-order valence-electron chi connectivity index (χ3n) is 2.39. The van der Waals surface area contributed by atoms with E-state index in [0.717, 1.165) is 5.56 Å². The van der Waals surface area contributed by atoms with Gasteiger partial charge < -0.3 is 9.73 Å². The number of carbonyl (C=O) groups is 1. The highest BCUT2D eigenvalue weighted by Crippen LogP contribution is 2.21. The number of rotatable bonds is 4. The highest BCUT2D eigenvalue weighted by Gasteiger charge is 2.00. The zero-order valence-corrected chi connectivity index (χ0v) is 11.4. The zero-order valence-electron chi connectivity index (χ0n) is 9.90. The van der Waals surface area contributed by atoms with Crippen LogP contribution in [0.1, 0.15) is 11.3 Å². The van der Waals surface area contributed by atoms with E-state index in [1.165, 1.54) is 6.08 Å². The molecule has 0 spiro atoms. The van der Waals surface area contributed by atoms with Crippen molar-refractivity contribution in [1.82, 2.24) is 5.32 Å². The first kappa shape index (κ1) is 13.7. The largest absolute Gasteiger partial charge is 0.467 e. The average Bonchev–Trinajstić information content (AvgIpc) is 2.88. The minimum Gasteiger partial charge on any atom is -0.467 e. The number of hydrogen-bond acceptors (Lipinski definition) is 2. The monoisotopic (exact) mass is 295 g/mol. The molecule has 3 nitrogen and oxygen atoms in total. The number of furan rings is 1. The van der Waals surface area contributed by atoms with Gasteiger partial charge in [0.15, 0.2) is 0 Å². The summed E-state index contributed by atoms with van der Waals surface area (Å²) in [6, 6.07) is 8.66. The Kier molecular flexibility index (Phi) is 4.66. The van der Waals surface area contributed by atoms with Crippen molar-refractivity contribution in [3.8, 4) is 0 Å². The summed E-state index contributed by atoms with van der Waals surface area (Å²) in [6.45, 7) is 0.352. The summed E-state index contributed by atoms with van der Waals surface area (Å²) in [5, 5.41) is 3.76. The van der Waals surface area contributed by atoms with Gasteiger partial charge in [-0.3, -0.25) is 4.79 Å². The number of amides is 1. The fraction of sp³-hybridized carbons (Fsp3) is 0.0714. The normalized spacial score (nSPS) is 10.8. The van der Waals surface area contributed by atoms with Crippen LogP contribution in [-0.2, 0) is 11.3 Å². The van der Waals surface area contributed by atoms with Crippen LogP contribution in [-0.4, -0.2) is 5.91 Å². The summed E-state index contributed by atoms with van der Waals surface area (Å²) in [4.78, 5) is 11.6. The molecule has 1 heterocycles. The summed E-state index contributed by atoms with van der Waals surface area (Å²) in [5.74, 6) is 0.480. The van der Waals surface area contributed by atoms with E-state index in [1.807, 2.05) is 0 Å². The van der Waals surface area contributed by atoms with Crippen LogP contribution < -0.4 is 5.32 Å². The van der Waals surface area contributed by atoms with Crippen LogP contribution in [0.3, 0.4) is 0 Å². The minimum absolute atomic E-state index is 0.220. The molecule has 5 heteroatoms. The molecule has 2 rings (SSSR count). The lowest BCUT2D eigenvalue weighted by Gasteiger charge is -2.00. The lowest BCUT2D eigenvalue weighted by Crippen LogP contribution is -2.19. The molecule has 1 aromatic carbocycles. The lowest BCUT2D eigenvalue weighted by atomic mass is 10.2. The predicted molar refractivity (Wildman–Crippen MR) is 76.1 cm³/mol. The summed E-state index contributed by atoms with van der Waals surface area (Å²) in [6.07, 6.45) is 4.61. The molecule has 0 bridgehead atoms. The van der Waals surface area contributed by atoms with Gasteiger partial charge in [0.1, 0.15) is 5.76 Å². The Labute approximate surface area is 120 Å². The fourth-order valence-electron chi connectivity index (χ4n) is 1.45. The number of nitrogens with one attached hydrogen (secondary N) is 1. The van der Waals surface area contributed by atoms with Crippen LogP contribution >= 0.6 is 23.2 Å². The molecule has 0 aliphatic heterocycles. The molecule has 0 saturated heterocycles. The van der Waals surface area contributed by atoms with Gasteiger partial charge in [-0.15, -0.1) is 0 Å². The molecule has 0 aliphatic carbocycles. The maximum absolute atomic E-state index is 11.6. The number of benzene rings is 1. The SMILES string of the molecule is O=C(/C=C/c1ccc(Cl)cc1Cl)NCc1ccco1. The van der Waals surface area contributed by atoms with Gasteiger partial charge in [0.25, 0.3) is 0 Å². The molecular formula is C14H11Cl2NO2. The molecule has 0 atom stereocenters. The van der Waals surface area contributed by atoms with Crippen molar-refractivity contribution in [2.45, 2.75) is 6.54 Å². The van der Waals surface area contributed by atoms with E-state index in [9.17, 15) is 4.79 Å². The van der Waals surface area contributed by atoms with E-state index in [0.29, 0.717) is 22.4 Å². The first-order chi connectivity index (χ1) is 9.15. The van der Waals surface area contributed by atoms with Gasteiger partial charge in [-0.25, -0.2) is 0 Å². The maximum atomic E-state index is 11.6. The molecule has 1 amide bonds. The van der Waals surface area contributed by atoms with Crippen molar-refractivity contribution in [3.05, 3.63) is 64.0 Å². The number of hydrogen-bond donors (Lipinski definition) is 1. The summed E-state index contributed by atoms with van der Waals surface area (Å²) in [5.41, 5.74) is 0.735. The van der Waals surface area contributed by atoms with Crippen molar-refractivity contribution >= 4 is 35.2 Å². The highest BCUT2D eigenvalue weighted by atomic mass is 35.5. The molecular weight excluding hydrogens is 285 g/mol. The van der Waals surface area contributed by atoms with Crippen LogP contribution in [0.2, 0.25) is 10.0 Å². The molecule has 1 aromatic heterocycles. The van der Waals surface area contributed by atoms with Crippen LogP contribution in [0.25, 0.3) is 6.08 Å². The van der Waals surface area contributed by atoms with Crippen molar-refractivity contribution in [3.63, 3.8) is 0 Å². The van der Waals surface area contributed by atoms with Crippen LogP contribution in [0.15, 0.2) is 47.1 Å². The second-order valence-corrected chi connectivity index (χ2v) is 4.64. The maximum Gasteiger partial charge on any atom is 0.244 e. The second-order valence-electron chi connectivity index (χ2n) is 3.80. The Bertz CT molecular complexity index is 591. The van der Waals surface area contributed by atoms with Gasteiger partial charge in [0.05, 0.1) is 12.8 Å².